The fourth-order valence-electron chi connectivity index (χ4n) is 8.67. The predicted octanol–water partition coefficient (Wildman–Crippen LogP) is 6.47. The first-order chi connectivity index (χ1) is 11.1. The topological polar surface area (TPSA) is 0 Å². The van der Waals surface area contributed by atoms with Crippen molar-refractivity contribution in [2.24, 2.45) is 46.8 Å². The minimum Gasteiger partial charge on any atom is -0.0735 e. The van der Waals surface area contributed by atoms with Gasteiger partial charge in [-0.3, -0.25) is 0 Å². The number of allylic oxidation sites excluding steroid dienone is 4. The largest absolute Gasteiger partial charge is 0.0735 e. The Balaban J connectivity index is 1.55. The van der Waals surface area contributed by atoms with Gasteiger partial charge in [-0.05, 0) is 103 Å². The Hall–Kier alpha value is -0.0400. The highest BCUT2D eigenvalue weighted by Crippen LogP contribution is 2.67. The Morgan fingerprint density at radius 1 is 0.913 bits per heavy atom. The third-order valence-electron chi connectivity index (χ3n) is 8.78. The van der Waals surface area contributed by atoms with Crippen molar-refractivity contribution >= 4 is 15.9 Å². The molecule has 0 aromatic heterocycles. The van der Waals surface area contributed by atoms with Crippen LogP contribution in [0.1, 0.15) is 64.7 Å². The molecule has 2 unspecified atom stereocenters. The quantitative estimate of drug-likeness (QED) is 0.427. The summed E-state index contributed by atoms with van der Waals surface area (Å²) in [6.45, 7) is 2.67. The minimum atomic E-state index is 0.585. The van der Waals surface area contributed by atoms with Crippen LogP contribution in [0.25, 0.3) is 0 Å². The molecule has 7 rings (SSSR count). The summed E-state index contributed by atoms with van der Waals surface area (Å²) in [6, 6.07) is 0. The summed E-state index contributed by atoms with van der Waals surface area (Å²) in [6.07, 6.45) is 16.1. The lowest BCUT2D eigenvalue weighted by Crippen LogP contribution is -2.47. The van der Waals surface area contributed by atoms with Gasteiger partial charge in [0.1, 0.15) is 0 Å². The van der Waals surface area contributed by atoms with E-state index in [9.17, 15) is 0 Å². The van der Waals surface area contributed by atoms with Gasteiger partial charge < -0.3 is 0 Å². The molecule has 0 nitrogen and oxygen atoms in total. The molecule has 0 aromatic rings. The molecule has 0 spiro atoms. The molecule has 7 bridgehead atoms. The first kappa shape index (κ1) is 14.2. The highest BCUT2D eigenvalue weighted by atomic mass is 79.9. The van der Waals surface area contributed by atoms with E-state index in [0.29, 0.717) is 5.41 Å². The molecule has 0 aromatic carbocycles. The third-order valence-corrected chi connectivity index (χ3v) is 9.60. The molecule has 6 saturated carbocycles. The van der Waals surface area contributed by atoms with Crippen molar-refractivity contribution in [2.75, 3.05) is 0 Å². The smallest absolute Gasteiger partial charge is 0.0145 e. The zero-order valence-corrected chi connectivity index (χ0v) is 15.9. The summed E-state index contributed by atoms with van der Waals surface area (Å²) in [5.41, 5.74) is 4.60. The van der Waals surface area contributed by atoms with Crippen LogP contribution in [-0.4, -0.2) is 0 Å². The van der Waals surface area contributed by atoms with Gasteiger partial charge in [0.05, 0.1) is 0 Å². The second kappa shape index (κ2) is 4.57. The van der Waals surface area contributed by atoms with Crippen LogP contribution >= 0.6 is 15.9 Å². The molecule has 7 aliphatic carbocycles. The van der Waals surface area contributed by atoms with Crippen LogP contribution in [0.2, 0.25) is 0 Å². The lowest BCUT2D eigenvalue weighted by molar-refractivity contribution is 0.0110. The van der Waals surface area contributed by atoms with Gasteiger partial charge in [0, 0.05) is 5.92 Å². The van der Waals surface area contributed by atoms with E-state index in [4.69, 9.17) is 0 Å². The molecule has 0 radical (unpaired) electrons. The van der Waals surface area contributed by atoms with Crippen molar-refractivity contribution < 1.29 is 0 Å². The van der Waals surface area contributed by atoms with Crippen molar-refractivity contribution in [1.29, 1.82) is 0 Å². The Morgan fingerprint density at radius 2 is 1.65 bits per heavy atom. The molecule has 0 aliphatic heterocycles. The fraction of sp³-hybridized carbons (Fsp3) is 0.818. The van der Waals surface area contributed by atoms with E-state index in [2.05, 4.69) is 28.9 Å². The van der Waals surface area contributed by atoms with E-state index in [-0.39, 0.29) is 0 Å². The number of halogens is 1. The van der Waals surface area contributed by atoms with E-state index in [1.54, 1.807) is 23.7 Å². The zero-order chi connectivity index (χ0) is 15.3. The summed E-state index contributed by atoms with van der Waals surface area (Å²) in [5, 5.41) is 0. The van der Waals surface area contributed by atoms with Crippen molar-refractivity contribution in [2.45, 2.75) is 64.7 Å². The van der Waals surface area contributed by atoms with E-state index in [1.165, 1.54) is 38.5 Å². The normalized spacial score (nSPS) is 59.4. The first-order valence-electron chi connectivity index (χ1n) is 10.2. The van der Waals surface area contributed by atoms with Gasteiger partial charge in [0.15, 0.2) is 0 Å². The summed E-state index contributed by atoms with van der Waals surface area (Å²) in [5.74, 6) is 6.81. The molecule has 6 fully saturated rings. The lowest BCUT2D eigenvalue weighted by atomic mass is 9.47. The van der Waals surface area contributed by atoms with Crippen molar-refractivity contribution in [3.8, 4) is 0 Å². The molecule has 0 N–H and O–H groups in total. The molecular formula is C22H29Br. The van der Waals surface area contributed by atoms with Gasteiger partial charge in [-0.25, -0.2) is 0 Å². The minimum absolute atomic E-state index is 0.585. The Morgan fingerprint density at radius 3 is 2.39 bits per heavy atom. The molecule has 8 atom stereocenters. The maximum atomic E-state index is 4.05. The molecule has 1 heteroatoms. The second-order valence-corrected chi connectivity index (χ2v) is 11.2. The van der Waals surface area contributed by atoms with Crippen LogP contribution < -0.4 is 0 Å². The number of fused-ring (bicyclic) bond motifs is 2. The van der Waals surface area contributed by atoms with Gasteiger partial charge in [0.25, 0.3) is 0 Å². The van der Waals surface area contributed by atoms with Crippen LogP contribution in [-0.2, 0) is 0 Å². The van der Waals surface area contributed by atoms with Gasteiger partial charge >= 0.3 is 0 Å². The standard InChI is InChI=1S/C22H29Br/c1-22-10-13-4-14(11-22)8-17(7-13)21(22)20-16-6-12-2-3-18(23)19(20)15(5-12)9-16/h3,12-17,19H,2,4-11H2,1H3/b21-20+/t12-,13-,14+,15+,16-,17?,19+,22?/m0/s1. The van der Waals surface area contributed by atoms with E-state index < -0.39 is 0 Å². The van der Waals surface area contributed by atoms with E-state index in [1.807, 2.05) is 11.1 Å². The summed E-state index contributed by atoms with van der Waals surface area (Å²) >= 11 is 4.05. The van der Waals surface area contributed by atoms with Crippen LogP contribution in [0.3, 0.4) is 0 Å². The first-order valence-corrected chi connectivity index (χ1v) is 11.0. The molecular weight excluding hydrogens is 344 g/mol. The van der Waals surface area contributed by atoms with Gasteiger partial charge in [-0.2, -0.15) is 0 Å². The summed E-state index contributed by atoms with van der Waals surface area (Å²) < 4.78 is 1.58. The highest BCUT2D eigenvalue weighted by Gasteiger charge is 2.56. The molecule has 0 saturated heterocycles. The Bertz CT molecular complexity index is 612. The lowest BCUT2D eigenvalue weighted by Gasteiger charge is -2.58. The third kappa shape index (κ3) is 1.84. The SMILES string of the molecule is CC12C[C@@H]3CC(C[C@@H](C3)C1)/C2=C1/[C@H]2C[C@H]3CC=C(Br)[C@H]1[C@H](C3)C2. The molecule has 0 heterocycles. The van der Waals surface area contributed by atoms with Gasteiger partial charge in [-0.1, -0.05) is 40.1 Å². The van der Waals surface area contributed by atoms with Crippen LogP contribution in [0, 0.1) is 46.8 Å². The number of hydrogen-bond acceptors (Lipinski definition) is 0. The molecule has 7 aliphatic rings. The van der Waals surface area contributed by atoms with Crippen LogP contribution in [0.5, 0.6) is 0 Å². The van der Waals surface area contributed by atoms with Crippen molar-refractivity contribution in [3.05, 3.63) is 21.7 Å². The number of rotatable bonds is 0. The van der Waals surface area contributed by atoms with Crippen LogP contribution in [0.4, 0.5) is 0 Å². The maximum Gasteiger partial charge on any atom is 0.0145 e. The average molecular weight is 373 g/mol. The zero-order valence-electron chi connectivity index (χ0n) is 14.4. The Kier molecular flexibility index (Phi) is 2.81. The van der Waals surface area contributed by atoms with Crippen molar-refractivity contribution in [1.82, 2.24) is 0 Å². The van der Waals surface area contributed by atoms with E-state index >= 15 is 0 Å². The fourth-order valence-corrected chi connectivity index (χ4v) is 9.47. The maximum absolute atomic E-state index is 4.05. The summed E-state index contributed by atoms with van der Waals surface area (Å²) in [4.78, 5) is 0. The summed E-state index contributed by atoms with van der Waals surface area (Å²) in [7, 11) is 0. The second-order valence-electron chi connectivity index (χ2n) is 10.3. The Labute approximate surface area is 149 Å². The molecule has 23 heavy (non-hydrogen) atoms. The van der Waals surface area contributed by atoms with Gasteiger partial charge in [0.2, 0.25) is 0 Å². The van der Waals surface area contributed by atoms with Crippen molar-refractivity contribution in [3.63, 3.8) is 0 Å². The number of hydrogen-bond donors (Lipinski definition) is 0. The molecule has 0 amide bonds. The predicted molar refractivity (Wildman–Crippen MR) is 98.1 cm³/mol. The average Bonchev–Trinajstić information content (AvgIpc) is 2.67. The van der Waals surface area contributed by atoms with E-state index in [0.717, 1.165) is 41.4 Å². The highest BCUT2D eigenvalue weighted by molar-refractivity contribution is 9.11. The van der Waals surface area contributed by atoms with Gasteiger partial charge in [-0.15, -0.1) is 0 Å². The van der Waals surface area contributed by atoms with Crippen LogP contribution in [0.15, 0.2) is 21.7 Å². The molecule has 124 valence electrons. The monoisotopic (exact) mass is 372 g/mol.